The van der Waals surface area contributed by atoms with Gasteiger partial charge in [0, 0.05) is 26.2 Å². The average Bonchev–Trinajstić information content (AvgIpc) is 3.10. The summed E-state index contributed by atoms with van der Waals surface area (Å²) in [5.41, 5.74) is -0.145. The zero-order chi connectivity index (χ0) is 11.6. The van der Waals surface area contributed by atoms with E-state index < -0.39 is 0 Å². The van der Waals surface area contributed by atoms with Gasteiger partial charge in [-0.25, -0.2) is 0 Å². The third kappa shape index (κ3) is 2.95. The number of hydrogen-bond donors (Lipinski definition) is 1. The Morgan fingerprint density at radius 2 is 2.31 bits per heavy atom. The Kier molecular flexibility index (Phi) is 3.50. The zero-order valence-electron chi connectivity index (χ0n) is 10.3. The summed E-state index contributed by atoms with van der Waals surface area (Å²) < 4.78 is 5.48. The van der Waals surface area contributed by atoms with Gasteiger partial charge in [0.25, 0.3) is 0 Å². The maximum Gasteiger partial charge on any atom is 0.236 e. The van der Waals surface area contributed by atoms with Crippen LogP contribution in [0.2, 0.25) is 0 Å². The summed E-state index contributed by atoms with van der Waals surface area (Å²) in [6.07, 6.45) is 4.54. The molecule has 1 N–H and O–H groups in total. The van der Waals surface area contributed by atoms with Crippen LogP contribution >= 0.6 is 0 Å². The Hall–Kier alpha value is -0.610. The number of methoxy groups -OCH3 is 1. The topological polar surface area (TPSA) is 41.6 Å². The number of likely N-dealkylation sites (tertiary alicyclic amines) is 1. The highest BCUT2D eigenvalue weighted by molar-refractivity contribution is 5.78. The summed E-state index contributed by atoms with van der Waals surface area (Å²) in [5.74, 6) is 0.217. The second kappa shape index (κ2) is 4.72. The molecule has 0 bridgehead atoms. The minimum atomic E-state index is -0.145. The van der Waals surface area contributed by atoms with Crippen molar-refractivity contribution in [3.8, 4) is 0 Å². The number of ether oxygens (including phenoxy) is 1. The Morgan fingerprint density at radius 3 is 2.94 bits per heavy atom. The lowest BCUT2D eigenvalue weighted by atomic mass is 9.95. The summed E-state index contributed by atoms with van der Waals surface area (Å²) >= 11 is 0. The SMILES string of the molecule is COC1(C)CCCN(C(=O)CNC2CC2)C1. The average molecular weight is 226 g/mol. The summed E-state index contributed by atoms with van der Waals surface area (Å²) in [6.45, 7) is 4.18. The second-order valence-electron chi connectivity index (χ2n) is 5.23. The van der Waals surface area contributed by atoms with Gasteiger partial charge in [0.1, 0.15) is 0 Å². The lowest BCUT2D eigenvalue weighted by molar-refractivity contribution is -0.138. The Balaban J connectivity index is 1.80. The zero-order valence-corrected chi connectivity index (χ0v) is 10.3. The third-order valence-corrected chi connectivity index (χ3v) is 3.62. The quantitative estimate of drug-likeness (QED) is 0.769. The molecule has 1 heterocycles. The molecule has 92 valence electrons. The van der Waals surface area contributed by atoms with Gasteiger partial charge in [-0.1, -0.05) is 0 Å². The highest BCUT2D eigenvalue weighted by Gasteiger charge is 2.33. The normalized spacial score (nSPS) is 30.5. The molecule has 1 atom stereocenters. The van der Waals surface area contributed by atoms with Crippen LogP contribution in [0.4, 0.5) is 0 Å². The molecular formula is C12H22N2O2. The van der Waals surface area contributed by atoms with Crippen molar-refractivity contribution in [2.24, 2.45) is 0 Å². The van der Waals surface area contributed by atoms with Crippen molar-refractivity contribution in [1.82, 2.24) is 10.2 Å². The summed E-state index contributed by atoms with van der Waals surface area (Å²) in [4.78, 5) is 13.9. The van der Waals surface area contributed by atoms with Gasteiger partial charge in [0.2, 0.25) is 5.91 Å². The molecule has 1 aliphatic heterocycles. The van der Waals surface area contributed by atoms with Crippen molar-refractivity contribution >= 4 is 5.91 Å². The van der Waals surface area contributed by atoms with E-state index in [1.54, 1.807) is 7.11 Å². The van der Waals surface area contributed by atoms with Crippen LogP contribution < -0.4 is 5.32 Å². The molecule has 0 aromatic heterocycles. The Labute approximate surface area is 97.3 Å². The van der Waals surface area contributed by atoms with E-state index >= 15 is 0 Å². The predicted octanol–water partition coefficient (Wildman–Crippen LogP) is 0.766. The van der Waals surface area contributed by atoms with Crippen LogP contribution in [0.1, 0.15) is 32.6 Å². The molecule has 1 saturated carbocycles. The monoisotopic (exact) mass is 226 g/mol. The number of nitrogens with one attached hydrogen (secondary N) is 1. The van der Waals surface area contributed by atoms with E-state index in [1.807, 2.05) is 4.90 Å². The van der Waals surface area contributed by atoms with E-state index in [2.05, 4.69) is 12.2 Å². The van der Waals surface area contributed by atoms with E-state index in [4.69, 9.17) is 4.74 Å². The first-order valence-corrected chi connectivity index (χ1v) is 6.19. The number of rotatable bonds is 4. The lowest BCUT2D eigenvalue weighted by Crippen LogP contribution is -2.51. The van der Waals surface area contributed by atoms with Gasteiger partial charge < -0.3 is 15.0 Å². The summed E-state index contributed by atoms with van der Waals surface area (Å²) in [5, 5.41) is 3.27. The minimum Gasteiger partial charge on any atom is -0.377 e. The van der Waals surface area contributed by atoms with Gasteiger partial charge >= 0.3 is 0 Å². The molecule has 0 spiro atoms. The fraction of sp³-hybridized carbons (Fsp3) is 0.917. The van der Waals surface area contributed by atoms with E-state index in [-0.39, 0.29) is 11.5 Å². The van der Waals surface area contributed by atoms with Gasteiger partial charge in [-0.05, 0) is 32.6 Å². The van der Waals surface area contributed by atoms with E-state index in [0.717, 1.165) is 25.9 Å². The van der Waals surface area contributed by atoms with Crippen LogP contribution in [-0.4, -0.2) is 49.2 Å². The minimum absolute atomic E-state index is 0.145. The highest BCUT2D eigenvalue weighted by Crippen LogP contribution is 2.24. The number of carbonyl (C=O) groups excluding carboxylic acids is 1. The first kappa shape index (κ1) is 11.9. The molecule has 0 radical (unpaired) electrons. The van der Waals surface area contributed by atoms with Gasteiger partial charge in [-0.2, -0.15) is 0 Å². The summed E-state index contributed by atoms with van der Waals surface area (Å²) in [6, 6.07) is 0.600. The van der Waals surface area contributed by atoms with Crippen LogP contribution in [-0.2, 0) is 9.53 Å². The molecule has 1 saturated heterocycles. The van der Waals surface area contributed by atoms with Crippen LogP contribution in [0.5, 0.6) is 0 Å². The third-order valence-electron chi connectivity index (χ3n) is 3.62. The van der Waals surface area contributed by atoms with Crippen molar-refractivity contribution in [2.45, 2.75) is 44.2 Å². The van der Waals surface area contributed by atoms with Crippen LogP contribution in [0.3, 0.4) is 0 Å². The Morgan fingerprint density at radius 1 is 1.56 bits per heavy atom. The molecule has 2 aliphatic rings. The molecule has 2 fully saturated rings. The largest absolute Gasteiger partial charge is 0.377 e. The molecule has 16 heavy (non-hydrogen) atoms. The molecule has 0 aromatic carbocycles. The fourth-order valence-electron chi connectivity index (χ4n) is 2.22. The predicted molar refractivity (Wildman–Crippen MR) is 62.3 cm³/mol. The molecule has 1 unspecified atom stereocenters. The summed E-state index contributed by atoms with van der Waals surface area (Å²) in [7, 11) is 1.73. The van der Waals surface area contributed by atoms with Crippen LogP contribution in [0.25, 0.3) is 0 Å². The van der Waals surface area contributed by atoms with Crippen molar-refractivity contribution in [3.63, 3.8) is 0 Å². The molecule has 4 nitrogen and oxygen atoms in total. The maximum atomic E-state index is 11.9. The van der Waals surface area contributed by atoms with Crippen molar-refractivity contribution in [1.29, 1.82) is 0 Å². The lowest BCUT2D eigenvalue weighted by Gasteiger charge is -2.39. The first-order chi connectivity index (χ1) is 7.63. The maximum absolute atomic E-state index is 11.9. The number of piperidine rings is 1. The fourth-order valence-corrected chi connectivity index (χ4v) is 2.22. The molecule has 1 aliphatic carbocycles. The van der Waals surface area contributed by atoms with E-state index in [9.17, 15) is 4.79 Å². The van der Waals surface area contributed by atoms with Crippen molar-refractivity contribution < 1.29 is 9.53 Å². The van der Waals surface area contributed by atoms with Gasteiger partial charge in [-0.3, -0.25) is 4.79 Å². The number of hydrogen-bond acceptors (Lipinski definition) is 3. The number of carbonyl (C=O) groups is 1. The number of amides is 1. The van der Waals surface area contributed by atoms with Gasteiger partial charge in [-0.15, -0.1) is 0 Å². The first-order valence-electron chi connectivity index (χ1n) is 6.19. The van der Waals surface area contributed by atoms with Crippen LogP contribution in [0.15, 0.2) is 0 Å². The molecular weight excluding hydrogens is 204 g/mol. The van der Waals surface area contributed by atoms with E-state index in [1.165, 1.54) is 12.8 Å². The molecule has 1 amide bonds. The molecule has 2 rings (SSSR count). The number of nitrogens with zero attached hydrogens (tertiary/aromatic N) is 1. The van der Waals surface area contributed by atoms with Gasteiger partial charge in [0.05, 0.1) is 12.1 Å². The highest BCUT2D eigenvalue weighted by atomic mass is 16.5. The van der Waals surface area contributed by atoms with Crippen LogP contribution in [0, 0.1) is 0 Å². The molecule has 4 heteroatoms. The van der Waals surface area contributed by atoms with Crippen molar-refractivity contribution in [2.75, 3.05) is 26.7 Å². The van der Waals surface area contributed by atoms with E-state index in [0.29, 0.717) is 12.6 Å². The smallest absolute Gasteiger partial charge is 0.236 e. The standard InChI is InChI=1S/C12H22N2O2/c1-12(16-2)6-3-7-14(9-12)11(15)8-13-10-4-5-10/h10,13H,3-9H2,1-2H3. The van der Waals surface area contributed by atoms with Gasteiger partial charge in [0.15, 0.2) is 0 Å². The second-order valence-corrected chi connectivity index (χ2v) is 5.23. The molecule has 0 aromatic rings. The van der Waals surface area contributed by atoms with Crippen molar-refractivity contribution in [3.05, 3.63) is 0 Å². The Bertz CT molecular complexity index is 266.